The highest BCUT2D eigenvalue weighted by atomic mass is 32.2. The van der Waals surface area contributed by atoms with E-state index in [1.165, 1.54) is 18.2 Å². The van der Waals surface area contributed by atoms with Crippen LogP contribution in [-0.2, 0) is 10.0 Å². The second-order valence-corrected chi connectivity index (χ2v) is 5.94. The van der Waals surface area contributed by atoms with Crippen molar-refractivity contribution in [1.82, 2.24) is 10.0 Å². The van der Waals surface area contributed by atoms with Crippen LogP contribution in [0.3, 0.4) is 0 Å². The van der Waals surface area contributed by atoms with Crippen LogP contribution >= 0.6 is 0 Å². The summed E-state index contributed by atoms with van der Waals surface area (Å²) >= 11 is 0. The first kappa shape index (κ1) is 12.5. The van der Waals surface area contributed by atoms with E-state index in [1.54, 1.807) is 0 Å². The standard InChI is InChI=1S/C11H15FN2O2S/c12-10-2-1-3-11(6-10)17(15,16)14-8-9-4-5-13-7-9/h1-3,6,9,13-14H,4-5,7-8H2. The van der Waals surface area contributed by atoms with Crippen molar-refractivity contribution >= 4 is 10.0 Å². The normalized spacial score (nSPS) is 20.6. The van der Waals surface area contributed by atoms with E-state index in [-0.39, 0.29) is 4.90 Å². The van der Waals surface area contributed by atoms with E-state index in [0.29, 0.717) is 12.5 Å². The molecule has 17 heavy (non-hydrogen) atoms. The molecule has 0 saturated carbocycles. The smallest absolute Gasteiger partial charge is 0.240 e. The highest BCUT2D eigenvalue weighted by molar-refractivity contribution is 7.89. The van der Waals surface area contributed by atoms with E-state index >= 15 is 0 Å². The van der Waals surface area contributed by atoms with E-state index in [0.717, 1.165) is 25.6 Å². The second kappa shape index (κ2) is 5.12. The zero-order valence-corrected chi connectivity index (χ0v) is 10.1. The molecule has 0 amide bonds. The third kappa shape index (κ3) is 3.24. The highest BCUT2D eigenvalue weighted by Crippen LogP contribution is 2.12. The zero-order valence-electron chi connectivity index (χ0n) is 9.32. The number of sulfonamides is 1. The molecule has 1 aliphatic rings. The summed E-state index contributed by atoms with van der Waals surface area (Å²) in [5.74, 6) is -0.228. The third-order valence-corrected chi connectivity index (χ3v) is 4.25. The van der Waals surface area contributed by atoms with Gasteiger partial charge in [-0.05, 0) is 43.6 Å². The molecule has 1 heterocycles. The second-order valence-electron chi connectivity index (χ2n) is 4.17. The maximum atomic E-state index is 12.9. The van der Waals surface area contributed by atoms with Gasteiger partial charge in [-0.25, -0.2) is 17.5 Å². The van der Waals surface area contributed by atoms with Gasteiger partial charge < -0.3 is 5.32 Å². The number of benzene rings is 1. The zero-order chi connectivity index (χ0) is 12.3. The summed E-state index contributed by atoms with van der Waals surface area (Å²) in [6.45, 7) is 2.14. The van der Waals surface area contributed by atoms with Crippen molar-refractivity contribution in [2.24, 2.45) is 5.92 Å². The average molecular weight is 258 g/mol. The molecule has 0 radical (unpaired) electrons. The quantitative estimate of drug-likeness (QED) is 0.836. The van der Waals surface area contributed by atoms with Crippen molar-refractivity contribution in [3.8, 4) is 0 Å². The van der Waals surface area contributed by atoms with Crippen molar-refractivity contribution in [1.29, 1.82) is 0 Å². The summed E-state index contributed by atoms with van der Waals surface area (Å²) in [6.07, 6.45) is 0.964. The van der Waals surface area contributed by atoms with Crippen LogP contribution in [-0.4, -0.2) is 28.1 Å². The SMILES string of the molecule is O=S(=O)(NCC1CCNC1)c1cccc(F)c1. The Balaban J connectivity index is 2.03. The summed E-state index contributed by atoms with van der Waals surface area (Å²) < 4.78 is 39.1. The molecule has 1 saturated heterocycles. The van der Waals surface area contributed by atoms with Crippen LogP contribution in [0.15, 0.2) is 29.2 Å². The van der Waals surface area contributed by atoms with Gasteiger partial charge in [0.15, 0.2) is 0 Å². The molecular formula is C11H15FN2O2S. The van der Waals surface area contributed by atoms with Gasteiger partial charge in [-0.2, -0.15) is 0 Å². The molecular weight excluding hydrogens is 243 g/mol. The lowest BCUT2D eigenvalue weighted by molar-refractivity contribution is 0.537. The molecule has 0 spiro atoms. The van der Waals surface area contributed by atoms with Gasteiger partial charge >= 0.3 is 0 Å². The van der Waals surface area contributed by atoms with Gasteiger partial charge in [0.05, 0.1) is 4.90 Å². The Hall–Kier alpha value is -0.980. The molecule has 2 N–H and O–H groups in total. The molecule has 1 unspecified atom stereocenters. The lowest BCUT2D eigenvalue weighted by atomic mass is 10.1. The number of hydrogen-bond donors (Lipinski definition) is 2. The molecule has 1 fully saturated rings. The largest absolute Gasteiger partial charge is 0.316 e. The van der Waals surface area contributed by atoms with Crippen LogP contribution in [0, 0.1) is 11.7 Å². The maximum Gasteiger partial charge on any atom is 0.240 e. The lowest BCUT2D eigenvalue weighted by Gasteiger charge is -2.10. The Bertz CT molecular complexity index is 484. The fraction of sp³-hybridized carbons (Fsp3) is 0.455. The molecule has 1 aliphatic heterocycles. The van der Waals surface area contributed by atoms with Crippen LogP contribution in [0.1, 0.15) is 6.42 Å². The van der Waals surface area contributed by atoms with Crippen LogP contribution in [0.25, 0.3) is 0 Å². The van der Waals surface area contributed by atoms with Gasteiger partial charge in [0.1, 0.15) is 5.82 Å². The minimum absolute atomic E-state index is 0.0246. The monoisotopic (exact) mass is 258 g/mol. The van der Waals surface area contributed by atoms with Gasteiger partial charge in [-0.3, -0.25) is 0 Å². The maximum absolute atomic E-state index is 12.9. The summed E-state index contributed by atoms with van der Waals surface area (Å²) in [5, 5.41) is 3.16. The summed E-state index contributed by atoms with van der Waals surface area (Å²) in [6, 6.07) is 5.02. The Morgan fingerprint density at radius 2 is 2.29 bits per heavy atom. The Morgan fingerprint density at radius 1 is 1.47 bits per heavy atom. The topological polar surface area (TPSA) is 58.2 Å². The fourth-order valence-electron chi connectivity index (χ4n) is 1.83. The number of hydrogen-bond acceptors (Lipinski definition) is 3. The molecule has 4 nitrogen and oxygen atoms in total. The first-order valence-corrected chi connectivity index (χ1v) is 7.02. The minimum atomic E-state index is -3.59. The van der Waals surface area contributed by atoms with Gasteiger partial charge in [0.25, 0.3) is 0 Å². The molecule has 0 aromatic heterocycles. The van der Waals surface area contributed by atoms with Crippen molar-refractivity contribution < 1.29 is 12.8 Å². The molecule has 0 aliphatic carbocycles. The van der Waals surface area contributed by atoms with E-state index in [4.69, 9.17) is 0 Å². The summed E-state index contributed by atoms with van der Waals surface area (Å²) in [4.78, 5) is -0.0246. The molecule has 1 atom stereocenters. The van der Waals surface area contributed by atoms with E-state index in [9.17, 15) is 12.8 Å². The average Bonchev–Trinajstić information content (AvgIpc) is 2.79. The third-order valence-electron chi connectivity index (χ3n) is 2.83. The molecule has 0 bridgehead atoms. The van der Waals surface area contributed by atoms with Crippen molar-refractivity contribution in [3.05, 3.63) is 30.1 Å². The van der Waals surface area contributed by atoms with Gasteiger partial charge in [-0.1, -0.05) is 6.07 Å². The lowest BCUT2D eigenvalue weighted by Crippen LogP contribution is -2.30. The number of halogens is 1. The molecule has 1 aromatic rings. The Morgan fingerprint density at radius 3 is 2.94 bits per heavy atom. The summed E-state index contributed by atoms with van der Waals surface area (Å²) in [5.41, 5.74) is 0. The molecule has 2 rings (SSSR count). The highest BCUT2D eigenvalue weighted by Gasteiger charge is 2.19. The predicted octanol–water partition coefficient (Wildman–Crippen LogP) is 0.713. The van der Waals surface area contributed by atoms with Crippen molar-refractivity contribution in [2.45, 2.75) is 11.3 Å². The van der Waals surface area contributed by atoms with Crippen LogP contribution < -0.4 is 10.0 Å². The number of rotatable bonds is 4. The number of nitrogens with one attached hydrogen (secondary N) is 2. The Kier molecular flexibility index (Phi) is 3.76. The minimum Gasteiger partial charge on any atom is -0.316 e. The van der Waals surface area contributed by atoms with Crippen LogP contribution in [0.4, 0.5) is 4.39 Å². The van der Waals surface area contributed by atoms with Crippen LogP contribution in [0.2, 0.25) is 0 Å². The van der Waals surface area contributed by atoms with Crippen LogP contribution in [0.5, 0.6) is 0 Å². The fourth-order valence-corrected chi connectivity index (χ4v) is 2.98. The first-order valence-electron chi connectivity index (χ1n) is 5.54. The van der Waals surface area contributed by atoms with Gasteiger partial charge in [-0.15, -0.1) is 0 Å². The van der Waals surface area contributed by atoms with E-state index in [2.05, 4.69) is 10.0 Å². The summed E-state index contributed by atoms with van der Waals surface area (Å²) in [7, 11) is -3.59. The Labute approximate surface area is 100 Å². The molecule has 1 aromatic carbocycles. The van der Waals surface area contributed by atoms with Crippen molar-refractivity contribution in [2.75, 3.05) is 19.6 Å². The van der Waals surface area contributed by atoms with Gasteiger partial charge in [0, 0.05) is 6.54 Å². The van der Waals surface area contributed by atoms with E-state index in [1.807, 2.05) is 0 Å². The molecule has 94 valence electrons. The first-order chi connectivity index (χ1) is 8.08. The van der Waals surface area contributed by atoms with E-state index < -0.39 is 15.8 Å². The molecule has 6 heteroatoms. The predicted molar refractivity (Wildman–Crippen MR) is 62.6 cm³/mol. The van der Waals surface area contributed by atoms with Crippen molar-refractivity contribution in [3.63, 3.8) is 0 Å². The van der Waals surface area contributed by atoms with Gasteiger partial charge in [0.2, 0.25) is 10.0 Å².